The van der Waals surface area contributed by atoms with E-state index < -0.39 is 30.3 Å². The van der Waals surface area contributed by atoms with Gasteiger partial charge in [0.1, 0.15) is 0 Å². The van der Waals surface area contributed by atoms with Gasteiger partial charge in [0.15, 0.2) is 5.78 Å². The van der Waals surface area contributed by atoms with Crippen LogP contribution in [0.25, 0.3) is 0 Å². The highest BCUT2D eigenvalue weighted by Crippen LogP contribution is 2.21. The first kappa shape index (κ1) is 20.7. The van der Waals surface area contributed by atoms with E-state index in [0.717, 1.165) is 19.3 Å². The van der Waals surface area contributed by atoms with Gasteiger partial charge in [0.25, 0.3) is 5.54 Å². The molecule has 0 aromatic carbocycles. The molecule has 0 aliphatic rings. The third-order valence-electron chi connectivity index (χ3n) is 3.95. The molecule has 6 heteroatoms. The molecule has 2 N–H and O–H groups in total. The van der Waals surface area contributed by atoms with Gasteiger partial charge in [-0.15, -0.1) is 4.91 Å². The first-order chi connectivity index (χ1) is 10.5. The molecule has 0 rings (SSSR count). The standard InChI is InChI=1S/C16H29NO5/c1-2-3-4-5-6-7-8-9-10-11-14(19)16(17-22,12-13-18)15(20)21/h18H,2-13H2,1H3,(H,20,21)/t16-/m1/s1. The van der Waals surface area contributed by atoms with Gasteiger partial charge in [0.05, 0.1) is 0 Å². The number of carboxylic acid groups (broad SMARTS) is 1. The summed E-state index contributed by atoms with van der Waals surface area (Å²) < 4.78 is 0. The summed E-state index contributed by atoms with van der Waals surface area (Å²) in [5.41, 5.74) is -2.31. The predicted molar refractivity (Wildman–Crippen MR) is 84.7 cm³/mol. The molecule has 0 radical (unpaired) electrons. The van der Waals surface area contributed by atoms with Crippen LogP contribution in [0.1, 0.15) is 77.6 Å². The van der Waals surface area contributed by atoms with Crippen molar-refractivity contribution in [1.29, 1.82) is 0 Å². The molecule has 0 saturated heterocycles. The number of carboxylic acids is 1. The van der Waals surface area contributed by atoms with E-state index in [4.69, 9.17) is 10.2 Å². The molecule has 0 spiro atoms. The van der Waals surface area contributed by atoms with Gasteiger partial charge in [-0.1, -0.05) is 58.3 Å². The number of aliphatic hydroxyl groups excluding tert-OH is 1. The van der Waals surface area contributed by atoms with Crippen molar-refractivity contribution >= 4 is 11.8 Å². The number of Topliss-reactive ketones (excluding diaryl/α,β-unsaturated/α-hetero) is 1. The zero-order valence-corrected chi connectivity index (χ0v) is 13.6. The Morgan fingerprint density at radius 3 is 1.86 bits per heavy atom. The van der Waals surface area contributed by atoms with Crippen molar-refractivity contribution in [2.24, 2.45) is 5.18 Å². The van der Waals surface area contributed by atoms with Crippen molar-refractivity contribution in [2.75, 3.05) is 6.61 Å². The molecular formula is C16H29NO5. The topological polar surface area (TPSA) is 104 Å². The normalized spacial score (nSPS) is 13.5. The van der Waals surface area contributed by atoms with Crippen LogP contribution in [0.3, 0.4) is 0 Å². The SMILES string of the molecule is CCCCCCCCCCCC(=O)[C@@](CCO)(N=O)C(=O)O. The van der Waals surface area contributed by atoms with Crippen molar-refractivity contribution in [1.82, 2.24) is 0 Å². The first-order valence-corrected chi connectivity index (χ1v) is 8.27. The van der Waals surface area contributed by atoms with Crippen molar-refractivity contribution in [3.05, 3.63) is 4.91 Å². The van der Waals surface area contributed by atoms with Crippen molar-refractivity contribution in [3.8, 4) is 0 Å². The summed E-state index contributed by atoms with van der Waals surface area (Å²) in [5.74, 6) is -2.27. The molecule has 6 nitrogen and oxygen atoms in total. The van der Waals surface area contributed by atoms with E-state index in [1.807, 2.05) is 0 Å². The van der Waals surface area contributed by atoms with E-state index in [2.05, 4.69) is 12.1 Å². The molecule has 0 bridgehead atoms. The van der Waals surface area contributed by atoms with Gasteiger partial charge in [0.2, 0.25) is 0 Å². The van der Waals surface area contributed by atoms with E-state index in [9.17, 15) is 14.5 Å². The predicted octanol–water partition coefficient (Wildman–Crippen LogP) is 3.45. The van der Waals surface area contributed by atoms with Gasteiger partial charge in [-0.25, -0.2) is 4.79 Å². The monoisotopic (exact) mass is 315 g/mol. The quantitative estimate of drug-likeness (QED) is 0.273. The Balaban J connectivity index is 3.96. The minimum absolute atomic E-state index is 0.0217. The van der Waals surface area contributed by atoms with E-state index in [-0.39, 0.29) is 6.42 Å². The highest BCUT2D eigenvalue weighted by Gasteiger charge is 2.47. The largest absolute Gasteiger partial charge is 0.479 e. The summed E-state index contributed by atoms with van der Waals surface area (Å²) in [6.07, 6.45) is 9.28. The Morgan fingerprint density at radius 1 is 0.955 bits per heavy atom. The van der Waals surface area contributed by atoms with Crippen LogP contribution >= 0.6 is 0 Å². The summed E-state index contributed by atoms with van der Waals surface area (Å²) in [7, 11) is 0. The second-order valence-electron chi connectivity index (χ2n) is 5.73. The molecule has 0 amide bonds. The van der Waals surface area contributed by atoms with Gasteiger partial charge in [-0.05, 0) is 11.6 Å². The molecule has 0 unspecified atom stereocenters. The van der Waals surface area contributed by atoms with Crippen LogP contribution in [0.2, 0.25) is 0 Å². The molecule has 0 saturated carbocycles. The molecule has 0 aliphatic heterocycles. The van der Waals surface area contributed by atoms with E-state index in [1.54, 1.807) is 0 Å². The van der Waals surface area contributed by atoms with Crippen LogP contribution in [0.5, 0.6) is 0 Å². The van der Waals surface area contributed by atoms with Crippen LogP contribution in [0.4, 0.5) is 0 Å². The first-order valence-electron chi connectivity index (χ1n) is 8.27. The molecule has 1 atom stereocenters. The summed E-state index contributed by atoms with van der Waals surface area (Å²) in [6.45, 7) is 1.63. The Kier molecular flexibility index (Phi) is 11.5. The zero-order chi connectivity index (χ0) is 16.8. The number of aliphatic carboxylic acids is 1. The number of unbranched alkanes of at least 4 members (excludes halogenated alkanes) is 8. The molecule has 0 aromatic rings. The fraction of sp³-hybridized carbons (Fsp3) is 0.875. The Bertz CT molecular complexity index is 345. The number of carbonyl (C=O) groups excluding carboxylic acids is 1. The number of nitroso groups, excluding NO2 is 1. The second-order valence-corrected chi connectivity index (χ2v) is 5.73. The Hall–Kier alpha value is -1.30. The lowest BCUT2D eigenvalue weighted by molar-refractivity contribution is -0.149. The van der Waals surface area contributed by atoms with Crippen LogP contribution in [-0.2, 0) is 9.59 Å². The van der Waals surface area contributed by atoms with Gasteiger partial charge in [0, 0.05) is 19.4 Å². The minimum Gasteiger partial charge on any atom is -0.479 e. The smallest absolute Gasteiger partial charge is 0.343 e. The number of rotatable bonds is 15. The Morgan fingerprint density at radius 2 is 1.45 bits per heavy atom. The van der Waals surface area contributed by atoms with Crippen LogP contribution in [0, 0.1) is 4.91 Å². The molecule has 0 aliphatic carbocycles. The van der Waals surface area contributed by atoms with Crippen LogP contribution in [0.15, 0.2) is 5.18 Å². The highest BCUT2D eigenvalue weighted by atomic mass is 16.4. The van der Waals surface area contributed by atoms with Crippen molar-refractivity contribution in [2.45, 2.75) is 83.1 Å². The lowest BCUT2D eigenvalue weighted by Gasteiger charge is -2.18. The molecule has 128 valence electrons. The number of nitrogens with zero attached hydrogens (tertiary/aromatic N) is 1. The summed E-state index contributed by atoms with van der Waals surface area (Å²) in [5, 5.41) is 20.4. The van der Waals surface area contributed by atoms with Crippen LogP contribution < -0.4 is 0 Å². The number of carbonyl (C=O) groups is 2. The fourth-order valence-corrected chi connectivity index (χ4v) is 2.47. The average molecular weight is 315 g/mol. The van der Waals surface area contributed by atoms with Crippen molar-refractivity contribution in [3.63, 3.8) is 0 Å². The molecule has 0 aromatic heterocycles. The summed E-state index contributed by atoms with van der Waals surface area (Å²) >= 11 is 0. The van der Waals surface area contributed by atoms with Gasteiger partial charge < -0.3 is 10.2 Å². The van der Waals surface area contributed by atoms with Gasteiger partial charge in [-0.2, -0.15) is 0 Å². The zero-order valence-electron chi connectivity index (χ0n) is 13.6. The number of aliphatic hydroxyl groups is 1. The van der Waals surface area contributed by atoms with Gasteiger partial charge >= 0.3 is 5.97 Å². The summed E-state index contributed by atoms with van der Waals surface area (Å²) in [6, 6.07) is 0. The third-order valence-corrected chi connectivity index (χ3v) is 3.95. The van der Waals surface area contributed by atoms with E-state index in [0.29, 0.717) is 6.42 Å². The number of ketones is 1. The van der Waals surface area contributed by atoms with Crippen molar-refractivity contribution < 1.29 is 19.8 Å². The molecule has 0 fully saturated rings. The maximum atomic E-state index is 11.9. The number of hydrogen-bond donors (Lipinski definition) is 2. The second kappa shape index (κ2) is 12.3. The summed E-state index contributed by atoms with van der Waals surface area (Å²) in [4.78, 5) is 33.9. The van der Waals surface area contributed by atoms with Gasteiger partial charge in [-0.3, -0.25) is 4.79 Å². The number of hydrogen-bond acceptors (Lipinski definition) is 5. The Labute approximate surface area is 132 Å². The third kappa shape index (κ3) is 7.11. The van der Waals surface area contributed by atoms with E-state index >= 15 is 0 Å². The molecular weight excluding hydrogens is 286 g/mol. The maximum Gasteiger partial charge on any atom is 0.343 e. The highest BCUT2D eigenvalue weighted by molar-refractivity contribution is 6.07. The molecule has 22 heavy (non-hydrogen) atoms. The minimum atomic E-state index is -2.31. The average Bonchev–Trinajstić information content (AvgIpc) is 2.50. The van der Waals surface area contributed by atoms with Crippen LogP contribution in [-0.4, -0.2) is 34.1 Å². The fourth-order valence-electron chi connectivity index (χ4n) is 2.47. The lowest BCUT2D eigenvalue weighted by atomic mass is 9.88. The van der Waals surface area contributed by atoms with E-state index in [1.165, 1.54) is 32.1 Å². The lowest BCUT2D eigenvalue weighted by Crippen LogP contribution is -2.45. The maximum absolute atomic E-state index is 11.9. The molecule has 0 heterocycles.